The lowest BCUT2D eigenvalue weighted by Crippen LogP contribution is -2.46. The molecule has 12 heteroatoms. The third-order valence-corrected chi connectivity index (χ3v) is 4.83. The molecule has 30 heavy (non-hydrogen) atoms. The van der Waals surface area contributed by atoms with Crippen LogP contribution in [0.1, 0.15) is 16.7 Å². The van der Waals surface area contributed by atoms with Crippen molar-refractivity contribution in [3.8, 4) is 6.07 Å². The second-order valence-corrected chi connectivity index (χ2v) is 7.15. The molecule has 0 aromatic heterocycles. The molecule has 4 nitrogen and oxygen atoms in total. The van der Waals surface area contributed by atoms with E-state index in [4.69, 9.17) is 28.5 Å². The molecule has 0 aliphatic carbocycles. The van der Waals surface area contributed by atoms with Crippen LogP contribution in [0.4, 0.5) is 36.8 Å². The van der Waals surface area contributed by atoms with Gasteiger partial charge >= 0.3 is 18.4 Å². The standard InChI is InChI=1S/C18H8Cl2F6N2O2/c19-11-3-10(4-12(20)5-11)16(18(24,25)26)8-28(15(29)30-16)13-2-1-9(7-27)14(6-13)17(21,22)23/h1-6H,8H2. The quantitative estimate of drug-likeness (QED) is 0.486. The molecular weight excluding hydrogens is 461 g/mol. The normalized spacial score (nSPS) is 19.6. The van der Waals surface area contributed by atoms with Gasteiger partial charge in [-0.15, -0.1) is 0 Å². The molecule has 1 amide bonds. The summed E-state index contributed by atoms with van der Waals surface area (Å²) in [5, 5.41) is 8.53. The van der Waals surface area contributed by atoms with E-state index in [-0.39, 0.29) is 10.0 Å². The Kier molecular flexibility index (Phi) is 5.33. The first-order valence-electron chi connectivity index (χ1n) is 7.93. The van der Waals surface area contributed by atoms with Gasteiger partial charge in [-0.05, 0) is 36.4 Å². The van der Waals surface area contributed by atoms with Gasteiger partial charge in [0, 0.05) is 21.3 Å². The molecule has 1 aliphatic rings. The van der Waals surface area contributed by atoms with E-state index in [9.17, 15) is 31.1 Å². The highest BCUT2D eigenvalue weighted by Gasteiger charge is 2.65. The number of rotatable bonds is 2. The van der Waals surface area contributed by atoms with E-state index in [2.05, 4.69) is 4.74 Å². The summed E-state index contributed by atoms with van der Waals surface area (Å²) in [5.74, 6) is 0. The molecule has 1 saturated heterocycles. The van der Waals surface area contributed by atoms with Gasteiger partial charge in [0.05, 0.1) is 23.7 Å². The van der Waals surface area contributed by atoms with E-state index in [0.29, 0.717) is 11.0 Å². The number of cyclic esters (lactones) is 1. The lowest BCUT2D eigenvalue weighted by atomic mass is 9.92. The maximum atomic E-state index is 14.0. The Morgan fingerprint density at radius 2 is 1.63 bits per heavy atom. The highest BCUT2D eigenvalue weighted by Crippen LogP contribution is 2.49. The van der Waals surface area contributed by atoms with Crippen molar-refractivity contribution >= 4 is 35.0 Å². The van der Waals surface area contributed by atoms with Crippen LogP contribution < -0.4 is 4.90 Å². The fourth-order valence-electron chi connectivity index (χ4n) is 3.00. The molecule has 2 aromatic carbocycles. The van der Waals surface area contributed by atoms with Crippen LogP contribution in [0.3, 0.4) is 0 Å². The Hall–Kier alpha value is -2.64. The number of hydrogen-bond donors (Lipinski definition) is 0. The molecule has 3 rings (SSSR count). The molecule has 1 unspecified atom stereocenters. The van der Waals surface area contributed by atoms with E-state index in [1.807, 2.05) is 0 Å². The van der Waals surface area contributed by atoms with Gasteiger partial charge in [-0.1, -0.05) is 23.2 Å². The minimum atomic E-state index is -5.15. The highest BCUT2D eigenvalue weighted by atomic mass is 35.5. The van der Waals surface area contributed by atoms with Crippen molar-refractivity contribution in [2.45, 2.75) is 18.0 Å². The highest BCUT2D eigenvalue weighted by molar-refractivity contribution is 6.34. The second-order valence-electron chi connectivity index (χ2n) is 6.28. The molecular formula is C18H8Cl2F6N2O2. The van der Waals surface area contributed by atoms with Gasteiger partial charge in [0.2, 0.25) is 0 Å². The van der Waals surface area contributed by atoms with Crippen molar-refractivity contribution in [2.24, 2.45) is 0 Å². The molecule has 0 N–H and O–H groups in total. The first-order valence-corrected chi connectivity index (χ1v) is 8.69. The van der Waals surface area contributed by atoms with Crippen molar-refractivity contribution in [1.82, 2.24) is 0 Å². The summed E-state index contributed by atoms with van der Waals surface area (Å²) in [5.41, 5.74) is -6.47. The predicted molar refractivity (Wildman–Crippen MR) is 94.2 cm³/mol. The second kappa shape index (κ2) is 7.25. The number of nitrogens with zero attached hydrogens (tertiary/aromatic N) is 2. The van der Waals surface area contributed by atoms with E-state index in [1.165, 1.54) is 12.1 Å². The number of ether oxygens (including phenoxy) is 1. The number of nitriles is 1. The predicted octanol–water partition coefficient (Wildman–Crippen LogP) is 6.30. The number of amides is 1. The third-order valence-electron chi connectivity index (χ3n) is 4.39. The van der Waals surface area contributed by atoms with Crippen LogP contribution in [0.2, 0.25) is 10.0 Å². The summed E-state index contributed by atoms with van der Waals surface area (Å²) >= 11 is 11.5. The van der Waals surface area contributed by atoms with E-state index >= 15 is 0 Å². The zero-order chi connectivity index (χ0) is 22.5. The first kappa shape index (κ1) is 22.1. The maximum absolute atomic E-state index is 14.0. The third kappa shape index (κ3) is 3.75. The number of carbonyl (C=O) groups is 1. The van der Waals surface area contributed by atoms with Gasteiger partial charge in [-0.2, -0.15) is 31.6 Å². The fourth-order valence-corrected chi connectivity index (χ4v) is 3.53. The number of carbonyl (C=O) groups excluding carboxylic acids is 1. The van der Waals surface area contributed by atoms with E-state index in [1.54, 1.807) is 0 Å². The minimum absolute atomic E-state index is 0.159. The molecule has 0 spiro atoms. The van der Waals surface area contributed by atoms with Gasteiger partial charge in [-0.3, -0.25) is 4.90 Å². The number of anilines is 1. The van der Waals surface area contributed by atoms with Gasteiger partial charge < -0.3 is 4.74 Å². The van der Waals surface area contributed by atoms with Crippen LogP contribution in [0.15, 0.2) is 36.4 Å². The molecule has 2 aromatic rings. The van der Waals surface area contributed by atoms with Crippen molar-refractivity contribution in [3.05, 3.63) is 63.1 Å². The van der Waals surface area contributed by atoms with Crippen LogP contribution in [0, 0.1) is 11.3 Å². The minimum Gasteiger partial charge on any atom is -0.426 e. The van der Waals surface area contributed by atoms with Crippen LogP contribution in [-0.4, -0.2) is 18.8 Å². The van der Waals surface area contributed by atoms with Crippen LogP contribution in [0.25, 0.3) is 0 Å². The average molecular weight is 469 g/mol. The Morgan fingerprint density at radius 1 is 1.03 bits per heavy atom. The number of halogens is 8. The molecule has 1 fully saturated rings. The summed E-state index contributed by atoms with van der Waals surface area (Å²) in [6, 6.07) is 6.41. The summed E-state index contributed by atoms with van der Waals surface area (Å²) in [6.07, 6.45) is -11.6. The maximum Gasteiger partial charge on any atom is 0.434 e. The molecule has 1 aliphatic heterocycles. The van der Waals surface area contributed by atoms with Gasteiger partial charge in [0.15, 0.2) is 0 Å². The Bertz CT molecular complexity index is 1040. The van der Waals surface area contributed by atoms with E-state index in [0.717, 1.165) is 24.3 Å². The summed E-state index contributed by atoms with van der Waals surface area (Å²) in [4.78, 5) is 12.7. The van der Waals surface area contributed by atoms with Crippen LogP contribution in [-0.2, 0) is 16.5 Å². The zero-order valence-corrected chi connectivity index (χ0v) is 15.9. The first-order chi connectivity index (χ1) is 13.8. The molecule has 1 atom stereocenters. The topological polar surface area (TPSA) is 53.3 Å². The lowest BCUT2D eigenvalue weighted by Gasteiger charge is -2.30. The summed E-state index contributed by atoms with van der Waals surface area (Å²) < 4.78 is 86.3. The number of benzene rings is 2. The Labute approximate surface area is 175 Å². The number of alkyl halides is 6. The molecule has 0 radical (unpaired) electrons. The monoisotopic (exact) mass is 468 g/mol. The van der Waals surface area contributed by atoms with Crippen LogP contribution >= 0.6 is 23.2 Å². The molecule has 1 heterocycles. The van der Waals surface area contributed by atoms with Crippen molar-refractivity contribution in [1.29, 1.82) is 5.26 Å². The average Bonchev–Trinajstić information content (AvgIpc) is 2.98. The van der Waals surface area contributed by atoms with Crippen LogP contribution in [0.5, 0.6) is 0 Å². The van der Waals surface area contributed by atoms with E-state index < -0.39 is 53.0 Å². The smallest absolute Gasteiger partial charge is 0.426 e. The van der Waals surface area contributed by atoms with Gasteiger partial charge in [0.1, 0.15) is 0 Å². The lowest BCUT2D eigenvalue weighted by molar-refractivity contribution is -0.250. The van der Waals surface area contributed by atoms with Crippen molar-refractivity contribution < 1.29 is 35.9 Å². The Morgan fingerprint density at radius 3 is 2.13 bits per heavy atom. The van der Waals surface area contributed by atoms with Gasteiger partial charge in [-0.25, -0.2) is 4.79 Å². The number of hydrogen-bond acceptors (Lipinski definition) is 3. The summed E-state index contributed by atoms with van der Waals surface area (Å²) in [6.45, 7) is -1.19. The SMILES string of the molecule is N#Cc1ccc(N2CC(c3cc(Cl)cc(Cl)c3)(C(F)(F)F)OC2=O)cc1C(F)(F)F. The Balaban J connectivity index is 2.13. The van der Waals surface area contributed by atoms with Gasteiger partial charge in [0.25, 0.3) is 5.60 Å². The van der Waals surface area contributed by atoms with Crippen molar-refractivity contribution in [3.63, 3.8) is 0 Å². The molecule has 158 valence electrons. The molecule has 0 bridgehead atoms. The summed E-state index contributed by atoms with van der Waals surface area (Å²) in [7, 11) is 0. The fraction of sp³-hybridized carbons (Fsp3) is 0.222. The van der Waals surface area contributed by atoms with Crippen molar-refractivity contribution in [2.75, 3.05) is 11.4 Å². The molecule has 0 saturated carbocycles. The largest absolute Gasteiger partial charge is 0.434 e. The zero-order valence-electron chi connectivity index (χ0n) is 14.4.